The van der Waals surface area contributed by atoms with Crippen molar-refractivity contribution in [3.8, 4) is 0 Å². The standard InChI is InChI=1S/C11H17NO/c1-9-5-3-4-6-11(9)8-12-7-10(2)13/h3-6,10,12-13H,7-8H2,1-2H3. The molecule has 0 saturated carbocycles. The second kappa shape index (κ2) is 5.00. The lowest BCUT2D eigenvalue weighted by atomic mass is 10.1. The Hall–Kier alpha value is -0.860. The van der Waals surface area contributed by atoms with Crippen molar-refractivity contribution < 1.29 is 5.11 Å². The van der Waals surface area contributed by atoms with Crippen LogP contribution in [0.5, 0.6) is 0 Å². The minimum absolute atomic E-state index is 0.274. The molecule has 0 aliphatic heterocycles. The van der Waals surface area contributed by atoms with Crippen molar-refractivity contribution in [2.45, 2.75) is 26.5 Å². The Balaban J connectivity index is 2.41. The van der Waals surface area contributed by atoms with Gasteiger partial charge in [0.25, 0.3) is 0 Å². The lowest BCUT2D eigenvalue weighted by Gasteiger charge is -2.08. The fraction of sp³-hybridized carbons (Fsp3) is 0.455. The van der Waals surface area contributed by atoms with Crippen molar-refractivity contribution in [1.82, 2.24) is 5.32 Å². The third kappa shape index (κ3) is 3.57. The van der Waals surface area contributed by atoms with E-state index in [1.807, 2.05) is 12.1 Å². The number of rotatable bonds is 4. The van der Waals surface area contributed by atoms with E-state index >= 15 is 0 Å². The maximum Gasteiger partial charge on any atom is 0.0636 e. The van der Waals surface area contributed by atoms with Gasteiger partial charge in [-0.3, -0.25) is 0 Å². The highest BCUT2D eigenvalue weighted by molar-refractivity contribution is 5.25. The number of nitrogens with one attached hydrogen (secondary N) is 1. The number of hydrogen-bond acceptors (Lipinski definition) is 2. The van der Waals surface area contributed by atoms with Gasteiger partial charge in [0.2, 0.25) is 0 Å². The van der Waals surface area contributed by atoms with Crippen molar-refractivity contribution in [3.05, 3.63) is 35.4 Å². The van der Waals surface area contributed by atoms with Crippen LogP contribution in [0.2, 0.25) is 0 Å². The molecule has 2 nitrogen and oxygen atoms in total. The average Bonchev–Trinajstić information content (AvgIpc) is 2.08. The van der Waals surface area contributed by atoms with Crippen molar-refractivity contribution in [3.63, 3.8) is 0 Å². The quantitative estimate of drug-likeness (QED) is 0.733. The molecule has 2 N–H and O–H groups in total. The normalized spacial score (nSPS) is 12.8. The number of aliphatic hydroxyl groups excluding tert-OH is 1. The third-order valence-corrected chi connectivity index (χ3v) is 2.02. The van der Waals surface area contributed by atoms with Gasteiger partial charge < -0.3 is 10.4 Å². The first-order chi connectivity index (χ1) is 6.20. The molecule has 1 unspecified atom stereocenters. The molecule has 0 heterocycles. The third-order valence-electron chi connectivity index (χ3n) is 2.02. The first kappa shape index (κ1) is 10.2. The average molecular weight is 179 g/mol. The number of benzene rings is 1. The summed E-state index contributed by atoms with van der Waals surface area (Å²) in [5.41, 5.74) is 2.59. The maximum atomic E-state index is 9.04. The molecule has 0 spiro atoms. The number of aryl methyl sites for hydroxylation is 1. The zero-order valence-electron chi connectivity index (χ0n) is 8.25. The molecule has 0 fully saturated rings. The molecule has 1 aromatic carbocycles. The van der Waals surface area contributed by atoms with Crippen LogP contribution in [0.15, 0.2) is 24.3 Å². The van der Waals surface area contributed by atoms with Gasteiger partial charge in [0, 0.05) is 13.1 Å². The summed E-state index contributed by atoms with van der Waals surface area (Å²) in [7, 11) is 0. The van der Waals surface area contributed by atoms with Gasteiger partial charge in [0.05, 0.1) is 6.10 Å². The van der Waals surface area contributed by atoms with E-state index in [2.05, 4.69) is 24.4 Å². The molecule has 0 aromatic heterocycles. The Morgan fingerprint density at radius 3 is 2.69 bits per heavy atom. The zero-order chi connectivity index (χ0) is 9.68. The van der Waals surface area contributed by atoms with E-state index in [1.54, 1.807) is 6.92 Å². The predicted octanol–water partition coefficient (Wildman–Crippen LogP) is 1.47. The van der Waals surface area contributed by atoms with Crippen LogP contribution in [0, 0.1) is 6.92 Å². The molecule has 0 aliphatic rings. The van der Waals surface area contributed by atoms with Gasteiger partial charge in [0.1, 0.15) is 0 Å². The fourth-order valence-corrected chi connectivity index (χ4v) is 1.22. The molecule has 2 heteroatoms. The van der Waals surface area contributed by atoms with Crippen LogP contribution < -0.4 is 5.32 Å². The minimum Gasteiger partial charge on any atom is -0.392 e. The minimum atomic E-state index is -0.274. The summed E-state index contributed by atoms with van der Waals surface area (Å²) in [6.07, 6.45) is -0.274. The molecular formula is C11H17NO. The Bertz CT molecular complexity index is 258. The van der Waals surface area contributed by atoms with Gasteiger partial charge in [-0.25, -0.2) is 0 Å². The van der Waals surface area contributed by atoms with Crippen molar-refractivity contribution in [2.24, 2.45) is 0 Å². The molecule has 0 radical (unpaired) electrons. The van der Waals surface area contributed by atoms with Crippen LogP contribution in [-0.4, -0.2) is 17.8 Å². The Labute approximate surface area is 79.6 Å². The van der Waals surface area contributed by atoms with Gasteiger partial charge in [-0.15, -0.1) is 0 Å². The van der Waals surface area contributed by atoms with E-state index in [4.69, 9.17) is 5.11 Å². The molecule has 1 rings (SSSR count). The van der Waals surface area contributed by atoms with Crippen molar-refractivity contribution >= 4 is 0 Å². The van der Waals surface area contributed by atoms with E-state index in [0.717, 1.165) is 6.54 Å². The van der Waals surface area contributed by atoms with Crippen LogP contribution in [0.3, 0.4) is 0 Å². The Morgan fingerprint density at radius 2 is 2.08 bits per heavy atom. The van der Waals surface area contributed by atoms with E-state index in [-0.39, 0.29) is 6.10 Å². The highest BCUT2D eigenvalue weighted by Gasteiger charge is 1.97. The van der Waals surface area contributed by atoms with E-state index in [1.165, 1.54) is 11.1 Å². The Kier molecular flexibility index (Phi) is 3.93. The van der Waals surface area contributed by atoms with Crippen molar-refractivity contribution in [1.29, 1.82) is 0 Å². The first-order valence-corrected chi connectivity index (χ1v) is 4.63. The molecule has 0 aliphatic carbocycles. The Morgan fingerprint density at radius 1 is 1.38 bits per heavy atom. The van der Waals surface area contributed by atoms with Gasteiger partial charge >= 0.3 is 0 Å². The second-order valence-electron chi connectivity index (χ2n) is 3.41. The summed E-state index contributed by atoms with van der Waals surface area (Å²) in [5, 5.41) is 12.2. The molecule has 13 heavy (non-hydrogen) atoms. The van der Waals surface area contributed by atoms with Crippen LogP contribution in [0.1, 0.15) is 18.1 Å². The maximum absolute atomic E-state index is 9.04. The summed E-state index contributed by atoms with van der Waals surface area (Å²) < 4.78 is 0. The van der Waals surface area contributed by atoms with E-state index < -0.39 is 0 Å². The molecule has 1 atom stereocenters. The summed E-state index contributed by atoms with van der Waals surface area (Å²) in [6, 6.07) is 8.27. The van der Waals surface area contributed by atoms with E-state index in [0.29, 0.717) is 6.54 Å². The first-order valence-electron chi connectivity index (χ1n) is 4.63. The zero-order valence-corrected chi connectivity index (χ0v) is 8.25. The SMILES string of the molecule is Cc1ccccc1CNCC(C)O. The van der Waals surface area contributed by atoms with Crippen LogP contribution in [0.25, 0.3) is 0 Å². The van der Waals surface area contributed by atoms with Gasteiger partial charge in [0.15, 0.2) is 0 Å². The lowest BCUT2D eigenvalue weighted by Crippen LogP contribution is -2.24. The highest BCUT2D eigenvalue weighted by atomic mass is 16.3. The highest BCUT2D eigenvalue weighted by Crippen LogP contribution is 2.05. The molecule has 0 saturated heterocycles. The summed E-state index contributed by atoms with van der Waals surface area (Å²) in [4.78, 5) is 0. The number of hydrogen-bond donors (Lipinski definition) is 2. The summed E-state index contributed by atoms with van der Waals surface area (Å²) in [6.45, 7) is 5.36. The predicted molar refractivity (Wildman–Crippen MR) is 54.6 cm³/mol. The van der Waals surface area contributed by atoms with Crippen LogP contribution in [-0.2, 0) is 6.54 Å². The van der Waals surface area contributed by atoms with Gasteiger partial charge in [-0.2, -0.15) is 0 Å². The van der Waals surface area contributed by atoms with Crippen molar-refractivity contribution in [2.75, 3.05) is 6.54 Å². The number of aliphatic hydroxyl groups is 1. The topological polar surface area (TPSA) is 32.3 Å². The van der Waals surface area contributed by atoms with Gasteiger partial charge in [-0.1, -0.05) is 24.3 Å². The van der Waals surface area contributed by atoms with Crippen LogP contribution in [0.4, 0.5) is 0 Å². The molecular weight excluding hydrogens is 162 g/mol. The smallest absolute Gasteiger partial charge is 0.0636 e. The van der Waals surface area contributed by atoms with Crippen LogP contribution >= 0.6 is 0 Å². The van der Waals surface area contributed by atoms with Gasteiger partial charge in [-0.05, 0) is 25.0 Å². The molecule has 1 aromatic rings. The monoisotopic (exact) mass is 179 g/mol. The summed E-state index contributed by atoms with van der Waals surface area (Å²) in [5.74, 6) is 0. The second-order valence-corrected chi connectivity index (χ2v) is 3.41. The largest absolute Gasteiger partial charge is 0.392 e. The molecule has 0 amide bonds. The fourth-order valence-electron chi connectivity index (χ4n) is 1.22. The van der Waals surface area contributed by atoms with E-state index in [9.17, 15) is 0 Å². The summed E-state index contributed by atoms with van der Waals surface area (Å²) >= 11 is 0. The molecule has 72 valence electrons. The lowest BCUT2D eigenvalue weighted by molar-refractivity contribution is 0.191. The molecule has 0 bridgehead atoms.